The third-order valence-electron chi connectivity index (χ3n) is 4.78. The number of amides is 1. The van der Waals surface area contributed by atoms with Gasteiger partial charge in [-0.3, -0.25) is 4.79 Å². The maximum Gasteiger partial charge on any atom is 0.416 e. The predicted octanol–water partition coefficient (Wildman–Crippen LogP) is 4.78. The molecule has 1 N–H and O–H groups in total. The molecule has 0 aliphatic heterocycles. The number of aryl methyl sites for hydroxylation is 1. The smallest absolute Gasteiger partial charge is 0.307 e. The van der Waals surface area contributed by atoms with E-state index in [-0.39, 0.29) is 13.1 Å². The molecular formula is C23H20F4N2O3S. The molecule has 0 aliphatic carbocycles. The van der Waals surface area contributed by atoms with E-state index in [1.54, 1.807) is 24.3 Å². The van der Waals surface area contributed by atoms with Gasteiger partial charge in [-0.2, -0.15) is 13.2 Å². The number of carbonyl (C=O) groups is 1. The van der Waals surface area contributed by atoms with Gasteiger partial charge in [-0.05, 0) is 61.5 Å². The summed E-state index contributed by atoms with van der Waals surface area (Å²) >= 11 is 0. The molecule has 0 radical (unpaired) electrons. The van der Waals surface area contributed by atoms with Crippen LogP contribution in [0.4, 0.5) is 23.2 Å². The van der Waals surface area contributed by atoms with Crippen LogP contribution in [-0.2, 0) is 16.2 Å². The summed E-state index contributed by atoms with van der Waals surface area (Å²) in [6.45, 7) is 1.43. The van der Waals surface area contributed by atoms with Crippen molar-refractivity contribution in [1.29, 1.82) is 0 Å². The van der Waals surface area contributed by atoms with Gasteiger partial charge in [0.15, 0.2) is 0 Å². The molecule has 5 nitrogen and oxygen atoms in total. The van der Waals surface area contributed by atoms with E-state index in [2.05, 4.69) is 4.72 Å². The number of rotatable bonds is 7. The molecule has 174 valence electrons. The number of alkyl halides is 3. The highest BCUT2D eigenvalue weighted by Crippen LogP contribution is 2.30. The Bertz CT molecular complexity index is 1230. The topological polar surface area (TPSA) is 66.5 Å². The largest absolute Gasteiger partial charge is 0.416 e. The summed E-state index contributed by atoms with van der Waals surface area (Å²) in [5.74, 6) is -0.952. The second-order valence-corrected chi connectivity index (χ2v) is 8.99. The van der Waals surface area contributed by atoms with Gasteiger partial charge in [-0.25, -0.2) is 17.5 Å². The van der Waals surface area contributed by atoms with Crippen LogP contribution in [0.2, 0.25) is 0 Å². The molecule has 0 saturated heterocycles. The van der Waals surface area contributed by atoms with Crippen molar-refractivity contribution < 1.29 is 30.8 Å². The van der Waals surface area contributed by atoms with Crippen molar-refractivity contribution in [2.24, 2.45) is 0 Å². The maximum absolute atomic E-state index is 13.4. The van der Waals surface area contributed by atoms with Gasteiger partial charge >= 0.3 is 6.18 Å². The van der Waals surface area contributed by atoms with Crippen molar-refractivity contribution in [1.82, 2.24) is 4.72 Å². The first-order valence-electron chi connectivity index (χ1n) is 9.78. The normalized spacial score (nSPS) is 11.9. The van der Waals surface area contributed by atoms with E-state index in [9.17, 15) is 30.8 Å². The Kier molecular flexibility index (Phi) is 7.19. The number of halogens is 4. The monoisotopic (exact) mass is 480 g/mol. The van der Waals surface area contributed by atoms with Gasteiger partial charge in [0.2, 0.25) is 10.0 Å². The second kappa shape index (κ2) is 9.72. The van der Waals surface area contributed by atoms with Crippen LogP contribution < -0.4 is 9.62 Å². The van der Waals surface area contributed by atoms with Crippen LogP contribution in [0.1, 0.15) is 21.5 Å². The van der Waals surface area contributed by atoms with Gasteiger partial charge in [0.25, 0.3) is 5.91 Å². The Labute approximate surface area is 188 Å². The molecular weight excluding hydrogens is 460 g/mol. The average Bonchev–Trinajstić information content (AvgIpc) is 2.77. The van der Waals surface area contributed by atoms with Gasteiger partial charge < -0.3 is 4.90 Å². The Morgan fingerprint density at radius 2 is 1.61 bits per heavy atom. The summed E-state index contributed by atoms with van der Waals surface area (Å²) in [7, 11) is -4.27. The second-order valence-electron chi connectivity index (χ2n) is 7.22. The van der Waals surface area contributed by atoms with Gasteiger partial charge in [0, 0.05) is 24.3 Å². The first kappa shape index (κ1) is 24.4. The fourth-order valence-corrected chi connectivity index (χ4v) is 4.10. The number of nitrogens with zero attached hydrogens (tertiary/aromatic N) is 1. The summed E-state index contributed by atoms with van der Waals surface area (Å²) in [6, 6.07) is 15.2. The van der Waals surface area contributed by atoms with Crippen LogP contribution in [0.3, 0.4) is 0 Å². The molecule has 0 atom stereocenters. The Morgan fingerprint density at radius 3 is 2.21 bits per heavy atom. The number of anilines is 1. The molecule has 3 aromatic rings. The van der Waals surface area contributed by atoms with Crippen molar-refractivity contribution in [2.75, 3.05) is 18.0 Å². The van der Waals surface area contributed by atoms with Gasteiger partial charge in [-0.1, -0.05) is 23.8 Å². The lowest BCUT2D eigenvalue weighted by molar-refractivity contribution is -0.137. The zero-order chi connectivity index (χ0) is 24.2. The van der Waals surface area contributed by atoms with Crippen molar-refractivity contribution in [3.63, 3.8) is 0 Å². The van der Waals surface area contributed by atoms with E-state index in [1.807, 2.05) is 6.92 Å². The lowest BCUT2D eigenvalue weighted by atomic mass is 10.1. The SMILES string of the molecule is Cc1ccc(C(=O)N(CCNS(=O)(=O)c2cccc(C(F)(F)F)c2)c2ccc(F)cc2)cc1. The van der Waals surface area contributed by atoms with E-state index in [1.165, 1.54) is 17.0 Å². The summed E-state index contributed by atoms with van der Waals surface area (Å²) in [5, 5.41) is 0. The molecule has 0 heterocycles. The van der Waals surface area contributed by atoms with E-state index in [0.717, 1.165) is 35.9 Å². The predicted molar refractivity (Wildman–Crippen MR) is 116 cm³/mol. The fourth-order valence-electron chi connectivity index (χ4n) is 3.04. The minimum Gasteiger partial charge on any atom is -0.307 e. The number of carbonyl (C=O) groups excluding carboxylic acids is 1. The number of sulfonamides is 1. The van der Waals surface area contributed by atoms with Crippen molar-refractivity contribution >= 4 is 21.6 Å². The zero-order valence-electron chi connectivity index (χ0n) is 17.4. The first-order valence-corrected chi connectivity index (χ1v) is 11.3. The van der Waals surface area contributed by atoms with E-state index in [4.69, 9.17) is 0 Å². The molecule has 0 aliphatic rings. The summed E-state index contributed by atoms with van der Waals surface area (Å²) in [4.78, 5) is 13.8. The highest BCUT2D eigenvalue weighted by molar-refractivity contribution is 7.89. The molecule has 33 heavy (non-hydrogen) atoms. The number of hydrogen-bond acceptors (Lipinski definition) is 3. The summed E-state index contributed by atoms with van der Waals surface area (Å²) in [6.07, 6.45) is -4.69. The van der Waals surface area contributed by atoms with Crippen molar-refractivity contribution in [2.45, 2.75) is 18.0 Å². The van der Waals surface area contributed by atoms with E-state index >= 15 is 0 Å². The van der Waals surface area contributed by atoms with Gasteiger partial charge in [-0.15, -0.1) is 0 Å². The average molecular weight is 480 g/mol. The van der Waals surface area contributed by atoms with E-state index in [0.29, 0.717) is 17.3 Å². The van der Waals surface area contributed by atoms with Gasteiger partial charge in [0.1, 0.15) is 5.82 Å². The van der Waals surface area contributed by atoms with E-state index < -0.39 is 38.4 Å². The third-order valence-corrected chi connectivity index (χ3v) is 6.24. The molecule has 0 bridgehead atoms. The molecule has 1 amide bonds. The molecule has 3 rings (SSSR count). The highest BCUT2D eigenvalue weighted by Gasteiger charge is 2.31. The number of hydrogen-bond donors (Lipinski definition) is 1. The fraction of sp³-hybridized carbons (Fsp3) is 0.174. The van der Waals surface area contributed by atoms with Crippen LogP contribution in [-0.4, -0.2) is 27.4 Å². The lowest BCUT2D eigenvalue weighted by Crippen LogP contribution is -2.38. The third kappa shape index (κ3) is 6.17. The quantitative estimate of drug-likeness (QED) is 0.495. The highest BCUT2D eigenvalue weighted by atomic mass is 32.2. The van der Waals surface area contributed by atoms with Crippen molar-refractivity contribution in [3.8, 4) is 0 Å². The maximum atomic E-state index is 13.4. The van der Waals surface area contributed by atoms with Crippen LogP contribution in [0.25, 0.3) is 0 Å². The Morgan fingerprint density at radius 1 is 0.970 bits per heavy atom. The summed E-state index contributed by atoms with van der Waals surface area (Å²) in [5.41, 5.74) is 0.521. The molecule has 0 aromatic heterocycles. The summed E-state index contributed by atoms with van der Waals surface area (Å²) < 4.78 is 79.4. The molecule has 0 fully saturated rings. The molecule has 3 aromatic carbocycles. The van der Waals surface area contributed by atoms with Crippen LogP contribution in [0, 0.1) is 12.7 Å². The number of benzene rings is 3. The van der Waals surface area contributed by atoms with Crippen LogP contribution in [0.15, 0.2) is 77.7 Å². The van der Waals surface area contributed by atoms with Gasteiger partial charge in [0.05, 0.1) is 10.5 Å². The van der Waals surface area contributed by atoms with Crippen LogP contribution in [0.5, 0.6) is 0 Å². The van der Waals surface area contributed by atoms with Crippen molar-refractivity contribution in [3.05, 3.63) is 95.3 Å². The standard InChI is InChI=1S/C23H20F4N2O3S/c1-16-5-7-17(8-6-16)22(30)29(20-11-9-19(24)10-12-20)14-13-28-33(31,32)21-4-2-3-18(15-21)23(25,26)27/h2-12,15,28H,13-14H2,1H3. The Balaban J connectivity index is 1.80. The minimum atomic E-state index is -4.69. The zero-order valence-corrected chi connectivity index (χ0v) is 18.3. The molecule has 0 saturated carbocycles. The minimum absolute atomic E-state index is 0.142. The Hall–Kier alpha value is -3.24. The lowest BCUT2D eigenvalue weighted by Gasteiger charge is -2.23. The molecule has 0 spiro atoms. The molecule has 10 heteroatoms. The molecule has 0 unspecified atom stereocenters. The number of nitrogens with one attached hydrogen (secondary N) is 1. The van der Waals surface area contributed by atoms with Crippen LogP contribution >= 0.6 is 0 Å². The first-order chi connectivity index (χ1) is 15.5.